The third-order valence-corrected chi connectivity index (χ3v) is 2.13. The minimum Gasteiger partial charge on any atom is -0.296 e. The standard InChI is InChI=1S/C8H12F3NO/c9-8(10,11)7(13)6-12-4-2-1-3-5-12/h1-6H2. The zero-order valence-electron chi connectivity index (χ0n) is 7.23. The van der Waals surface area contributed by atoms with Crippen LogP contribution in [-0.4, -0.2) is 36.5 Å². The number of nitrogens with zero attached hydrogens (tertiary/aromatic N) is 1. The fourth-order valence-corrected chi connectivity index (χ4v) is 1.41. The highest BCUT2D eigenvalue weighted by Crippen LogP contribution is 2.17. The van der Waals surface area contributed by atoms with Crippen molar-refractivity contribution < 1.29 is 18.0 Å². The van der Waals surface area contributed by atoms with Gasteiger partial charge in [-0.05, 0) is 25.9 Å². The van der Waals surface area contributed by atoms with Crippen molar-refractivity contribution in [2.75, 3.05) is 19.6 Å². The Kier molecular flexibility index (Phi) is 3.30. The van der Waals surface area contributed by atoms with E-state index in [1.165, 1.54) is 0 Å². The number of piperidine rings is 1. The molecule has 1 aliphatic heterocycles. The third kappa shape index (κ3) is 3.34. The first-order valence-electron chi connectivity index (χ1n) is 4.32. The van der Waals surface area contributed by atoms with Crippen LogP contribution < -0.4 is 0 Å². The van der Waals surface area contributed by atoms with Gasteiger partial charge in [0.05, 0.1) is 6.54 Å². The van der Waals surface area contributed by atoms with Crippen LogP contribution in [0.15, 0.2) is 0 Å². The molecule has 13 heavy (non-hydrogen) atoms. The van der Waals surface area contributed by atoms with Gasteiger partial charge in [0.15, 0.2) is 0 Å². The summed E-state index contributed by atoms with van der Waals surface area (Å²) in [6, 6.07) is 0. The topological polar surface area (TPSA) is 20.3 Å². The Labute approximate surface area is 74.7 Å². The Hall–Kier alpha value is -0.580. The second-order valence-electron chi connectivity index (χ2n) is 3.26. The predicted molar refractivity (Wildman–Crippen MR) is 41.4 cm³/mol. The molecular weight excluding hydrogens is 183 g/mol. The molecule has 0 saturated carbocycles. The van der Waals surface area contributed by atoms with Crippen LogP contribution in [0, 0.1) is 0 Å². The molecule has 1 aliphatic rings. The highest BCUT2D eigenvalue weighted by atomic mass is 19.4. The van der Waals surface area contributed by atoms with Gasteiger partial charge >= 0.3 is 6.18 Å². The summed E-state index contributed by atoms with van der Waals surface area (Å²) >= 11 is 0. The minimum atomic E-state index is -4.67. The molecule has 0 spiro atoms. The van der Waals surface area contributed by atoms with Crippen molar-refractivity contribution in [1.82, 2.24) is 4.90 Å². The summed E-state index contributed by atoms with van der Waals surface area (Å²) in [5, 5.41) is 0. The summed E-state index contributed by atoms with van der Waals surface area (Å²) in [4.78, 5) is 12.1. The van der Waals surface area contributed by atoms with E-state index in [0.29, 0.717) is 13.1 Å². The lowest BCUT2D eigenvalue weighted by Gasteiger charge is -2.25. The average Bonchev–Trinajstić information content (AvgIpc) is 2.04. The van der Waals surface area contributed by atoms with Gasteiger partial charge in [0.2, 0.25) is 5.78 Å². The molecule has 0 amide bonds. The van der Waals surface area contributed by atoms with Crippen molar-refractivity contribution >= 4 is 5.78 Å². The van der Waals surface area contributed by atoms with Crippen LogP contribution in [-0.2, 0) is 4.79 Å². The molecule has 2 nitrogen and oxygen atoms in total. The van der Waals surface area contributed by atoms with Gasteiger partial charge in [-0.25, -0.2) is 0 Å². The van der Waals surface area contributed by atoms with E-state index >= 15 is 0 Å². The molecule has 0 N–H and O–H groups in total. The van der Waals surface area contributed by atoms with Crippen LogP contribution >= 0.6 is 0 Å². The number of hydrogen-bond donors (Lipinski definition) is 0. The Morgan fingerprint density at radius 3 is 2.15 bits per heavy atom. The highest BCUT2D eigenvalue weighted by Gasteiger charge is 2.38. The first kappa shape index (κ1) is 10.5. The molecule has 0 aromatic rings. The molecule has 0 aromatic carbocycles. The van der Waals surface area contributed by atoms with Crippen LogP contribution in [0.4, 0.5) is 13.2 Å². The van der Waals surface area contributed by atoms with E-state index < -0.39 is 18.5 Å². The predicted octanol–water partition coefficient (Wildman–Crippen LogP) is 1.60. The lowest BCUT2D eigenvalue weighted by Crippen LogP contribution is -2.39. The molecule has 1 rings (SSSR count). The smallest absolute Gasteiger partial charge is 0.296 e. The fourth-order valence-electron chi connectivity index (χ4n) is 1.41. The van der Waals surface area contributed by atoms with E-state index in [9.17, 15) is 18.0 Å². The maximum Gasteiger partial charge on any atom is 0.451 e. The van der Waals surface area contributed by atoms with E-state index in [0.717, 1.165) is 19.3 Å². The second-order valence-corrected chi connectivity index (χ2v) is 3.26. The van der Waals surface area contributed by atoms with Gasteiger partial charge in [0.1, 0.15) is 0 Å². The zero-order chi connectivity index (χ0) is 9.90. The lowest BCUT2D eigenvalue weighted by atomic mass is 10.1. The van der Waals surface area contributed by atoms with Gasteiger partial charge in [-0.15, -0.1) is 0 Å². The number of carbonyl (C=O) groups excluding carboxylic acids is 1. The Morgan fingerprint density at radius 1 is 1.15 bits per heavy atom. The summed E-state index contributed by atoms with van der Waals surface area (Å²) in [6.07, 6.45) is -1.83. The first-order valence-corrected chi connectivity index (χ1v) is 4.32. The summed E-state index contributed by atoms with van der Waals surface area (Å²) in [6.45, 7) is 0.757. The summed E-state index contributed by atoms with van der Waals surface area (Å²) in [5.74, 6) is -1.63. The molecule has 0 atom stereocenters. The van der Waals surface area contributed by atoms with Crippen molar-refractivity contribution in [3.63, 3.8) is 0 Å². The average molecular weight is 195 g/mol. The Balaban J connectivity index is 2.35. The quantitative estimate of drug-likeness (QED) is 0.667. The van der Waals surface area contributed by atoms with Gasteiger partial charge in [-0.1, -0.05) is 6.42 Å². The normalized spacial score (nSPS) is 20.2. The molecule has 0 unspecified atom stereocenters. The van der Waals surface area contributed by atoms with Crippen LogP contribution in [0.3, 0.4) is 0 Å². The Morgan fingerprint density at radius 2 is 1.69 bits per heavy atom. The molecule has 0 aliphatic carbocycles. The minimum absolute atomic E-state index is 0.469. The van der Waals surface area contributed by atoms with Crippen LogP contribution in [0.2, 0.25) is 0 Å². The van der Waals surface area contributed by atoms with Gasteiger partial charge in [-0.2, -0.15) is 13.2 Å². The monoisotopic (exact) mass is 195 g/mol. The maximum atomic E-state index is 11.8. The van der Waals surface area contributed by atoms with Crippen LogP contribution in [0.5, 0.6) is 0 Å². The number of alkyl halides is 3. The van der Waals surface area contributed by atoms with Crippen molar-refractivity contribution in [3.05, 3.63) is 0 Å². The van der Waals surface area contributed by atoms with Crippen molar-refractivity contribution in [1.29, 1.82) is 0 Å². The molecule has 0 radical (unpaired) electrons. The van der Waals surface area contributed by atoms with Gasteiger partial charge in [0, 0.05) is 0 Å². The number of Topliss-reactive ketones (excluding diaryl/α,β-unsaturated/α-hetero) is 1. The largest absolute Gasteiger partial charge is 0.451 e. The molecular formula is C8H12F3NO. The fraction of sp³-hybridized carbons (Fsp3) is 0.875. The lowest BCUT2D eigenvalue weighted by molar-refractivity contribution is -0.172. The molecule has 5 heteroatoms. The number of ketones is 1. The Bertz CT molecular complexity index is 184. The van der Waals surface area contributed by atoms with E-state index in [1.54, 1.807) is 4.90 Å². The van der Waals surface area contributed by atoms with E-state index in [4.69, 9.17) is 0 Å². The number of rotatable bonds is 2. The molecule has 0 bridgehead atoms. The van der Waals surface area contributed by atoms with Gasteiger partial charge in [0.25, 0.3) is 0 Å². The summed E-state index contributed by atoms with van der Waals surface area (Å²) in [5.41, 5.74) is 0. The zero-order valence-corrected chi connectivity index (χ0v) is 7.23. The molecule has 0 aromatic heterocycles. The van der Waals surface area contributed by atoms with E-state index in [2.05, 4.69) is 0 Å². The molecule has 76 valence electrons. The third-order valence-electron chi connectivity index (χ3n) is 2.13. The summed E-state index contributed by atoms with van der Waals surface area (Å²) < 4.78 is 35.5. The second kappa shape index (κ2) is 4.09. The SMILES string of the molecule is O=C(CN1CCCCC1)C(F)(F)F. The van der Waals surface area contributed by atoms with Crippen LogP contribution in [0.25, 0.3) is 0 Å². The maximum absolute atomic E-state index is 11.8. The van der Waals surface area contributed by atoms with Gasteiger partial charge in [-0.3, -0.25) is 9.69 Å². The van der Waals surface area contributed by atoms with E-state index in [1.807, 2.05) is 0 Å². The molecule has 1 fully saturated rings. The molecule has 1 heterocycles. The van der Waals surface area contributed by atoms with Crippen LogP contribution in [0.1, 0.15) is 19.3 Å². The number of halogens is 3. The van der Waals surface area contributed by atoms with Crippen molar-refractivity contribution in [2.45, 2.75) is 25.4 Å². The van der Waals surface area contributed by atoms with Crippen molar-refractivity contribution in [3.8, 4) is 0 Å². The molecule has 1 saturated heterocycles. The number of hydrogen-bond acceptors (Lipinski definition) is 2. The van der Waals surface area contributed by atoms with Crippen molar-refractivity contribution in [2.24, 2.45) is 0 Å². The highest BCUT2D eigenvalue weighted by molar-refractivity contribution is 5.85. The van der Waals surface area contributed by atoms with E-state index in [-0.39, 0.29) is 0 Å². The summed E-state index contributed by atoms with van der Waals surface area (Å²) in [7, 11) is 0. The first-order chi connectivity index (χ1) is 6.00. The van der Waals surface area contributed by atoms with Gasteiger partial charge < -0.3 is 0 Å². The number of likely N-dealkylation sites (tertiary alicyclic amines) is 1. The number of carbonyl (C=O) groups is 1.